The van der Waals surface area contributed by atoms with Crippen LogP contribution < -0.4 is 10.3 Å². The van der Waals surface area contributed by atoms with Crippen LogP contribution in [0, 0.1) is 0 Å². The van der Waals surface area contributed by atoms with Gasteiger partial charge in [0.05, 0.1) is 12.7 Å². The Morgan fingerprint density at radius 2 is 1.96 bits per heavy atom. The van der Waals surface area contributed by atoms with Crippen molar-refractivity contribution in [1.82, 2.24) is 9.97 Å². The van der Waals surface area contributed by atoms with Gasteiger partial charge < -0.3 is 29.4 Å². The Bertz CT molecular complexity index is 759. The Morgan fingerprint density at radius 3 is 2.58 bits per heavy atom. The van der Waals surface area contributed by atoms with E-state index in [1.807, 2.05) is 6.07 Å². The summed E-state index contributed by atoms with van der Waals surface area (Å²) in [6.07, 6.45) is -1.79. The van der Waals surface area contributed by atoms with Crippen molar-refractivity contribution in [2.24, 2.45) is 0 Å². The van der Waals surface area contributed by atoms with Crippen LogP contribution in [0.25, 0.3) is 11.4 Å². The lowest BCUT2D eigenvalue weighted by Crippen LogP contribution is -2.26. The fourth-order valence-electron chi connectivity index (χ4n) is 1.78. The van der Waals surface area contributed by atoms with Gasteiger partial charge in [0.15, 0.2) is 0 Å². The van der Waals surface area contributed by atoms with Crippen molar-refractivity contribution in [2.75, 3.05) is 19.6 Å². The summed E-state index contributed by atoms with van der Waals surface area (Å²) in [6.45, 7) is -0.726. The van der Waals surface area contributed by atoms with Crippen LogP contribution >= 0.6 is 7.60 Å². The fourth-order valence-corrected chi connectivity index (χ4v) is 2.18. The third-order valence-corrected chi connectivity index (χ3v) is 3.35. The molecule has 4 N–H and O–H groups in total. The van der Waals surface area contributed by atoms with Gasteiger partial charge in [-0.05, 0) is 0 Å². The standard InChI is InChI=1S/C14H17N2O7P/c17-7-11(23-9-24(19,20)21)8-22-13-6-12(18)15-14(16-13)10-4-2-1-3-5-10/h1-6,11,17H,7-9H2,(H,15,16,18)(H2,19,20,21)/t11-/m1/s1. The molecule has 0 amide bonds. The predicted octanol–water partition coefficient (Wildman–Crippen LogP) is 0.328. The predicted molar refractivity (Wildman–Crippen MR) is 84.7 cm³/mol. The van der Waals surface area contributed by atoms with Crippen LogP contribution in [0.5, 0.6) is 5.88 Å². The number of nitrogens with one attached hydrogen (secondary N) is 1. The summed E-state index contributed by atoms with van der Waals surface area (Å²) in [4.78, 5) is 35.9. The van der Waals surface area contributed by atoms with E-state index in [9.17, 15) is 9.36 Å². The average molecular weight is 356 g/mol. The highest BCUT2D eigenvalue weighted by atomic mass is 31.2. The molecule has 0 aliphatic heterocycles. The number of aliphatic hydroxyl groups is 1. The number of H-pyrrole nitrogens is 1. The molecule has 0 saturated carbocycles. The molecule has 1 aromatic heterocycles. The minimum Gasteiger partial charge on any atom is -0.475 e. The number of aliphatic hydroxyl groups excluding tert-OH is 1. The molecule has 130 valence electrons. The van der Waals surface area contributed by atoms with Crippen LogP contribution in [0.3, 0.4) is 0 Å². The van der Waals surface area contributed by atoms with E-state index in [0.717, 1.165) is 6.07 Å². The zero-order valence-corrected chi connectivity index (χ0v) is 13.4. The molecular formula is C14H17N2O7P. The topological polar surface area (TPSA) is 142 Å². The summed E-state index contributed by atoms with van der Waals surface area (Å²) in [5.41, 5.74) is 0.270. The van der Waals surface area contributed by atoms with Gasteiger partial charge >= 0.3 is 7.60 Å². The highest BCUT2D eigenvalue weighted by Crippen LogP contribution is 2.34. The molecule has 0 unspecified atom stereocenters. The quantitative estimate of drug-likeness (QED) is 0.496. The SMILES string of the molecule is O=c1cc(OC[C@@H](CO)OCP(=O)(O)O)nc(-c2ccccc2)[nH]1. The van der Waals surface area contributed by atoms with E-state index in [4.69, 9.17) is 24.4 Å². The van der Waals surface area contributed by atoms with Gasteiger partial charge in [0.2, 0.25) is 5.88 Å². The maximum Gasteiger partial charge on any atom is 0.350 e. The first-order chi connectivity index (χ1) is 11.4. The lowest BCUT2D eigenvalue weighted by Gasteiger charge is -2.16. The number of aromatic nitrogens is 2. The number of benzene rings is 1. The number of nitrogens with zero attached hydrogens (tertiary/aromatic N) is 1. The van der Waals surface area contributed by atoms with Gasteiger partial charge in [-0.2, -0.15) is 4.98 Å². The van der Waals surface area contributed by atoms with E-state index in [0.29, 0.717) is 11.4 Å². The summed E-state index contributed by atoms with van der Waals surface area (Å²) in [7, 11) is -4.34. The number of hydrogen-bond donors (Lipinski definition) is 4. The second-order valence-electron chi connectivity index (χ2n) is 4.87. The fraction of sp³-hybridized carbons (Fsp3) is 0.286. The van der Waals surface area contributed by atoms with Crippen LogP contribution in [-0.4, -0.2) is 50.5 Å². The normalized spacial score (nSPS) is 12.8. The number of aromatic amines is 1. The van der Waals surface area contributed by atoms with Crippen molar-refractivity contribution < 1.29 is 28.9 Å². The minimum absolute atomic E-state index is 0.0100. The Balaban J connectivity index is 2.05. The van der Waals surface area contributed by atoms with Crippen LogP contribution in [-0.2, 0) is 9.30 Å². The molecule has 10 heteroatoms. The Hall–Kier alpha value is -2.03. The number of rotatable bonds is 8. The molecule has 0 spiro atoms. The van der Waals surface area contributed by atoms with Crippen LogP contribution in [0.1, 0.15) is 0 Å². The van der Waals surface area contributed by atoms with E-state index >= 15 is 0 Å². The summed E-state index contributed by atoms with van der Waals surface area (Å²) >= 11 is 0. The maximum absolute atomic E-state index is 11.7. The molecule has 2 rings (SSSR count). The lowest BCUT2D eigenvalue weighted by molar-refractivity contribution is 0.000461. The third kappa shape index (κ3) is 5.88. The van der Waals surface area contributed by atoms with Crippen molar-refractivity contribution in [1.29, 1.82) is 0 Å². The Morgan fingerprint density at radius 1 is 1.25 bits per heavy atom. The third-order valence-electron chi connectivity index (χ3n) is 2.86. The molecule has 24 heavy (non-hydrogen) atoms. The second-order valence-corrected chi connectivity index (χ2v) is 6.46. The van der Waals surface area contributed by atoms with Gasteiger partial charge in [0.1, 0.15) is 24.9 Å². The van der Waals surface area contributed by atoms with Crippen molar-refractivity contribution >= 4 is 7.60 Å². The van der Waals surface area contributed by atoms with Crippen molar-refractivity contribution in [3.63, 3.8) is 0 Å². The zero-order valence-electron chi connectivity index (χ0n) is 12.5. The molecule has 0 bridgehead atoms. The Labute approximate surface area is 137 Å². The maximum atomic E-state index is 11.7. The number of ether oxygens (including phenoxy) is 2. The monoisotopic (exact) mass is 356 g/mol. The summed E-state index contributed by atoms with van der Waals surface area (Å²) in [6, 6.07) is 10.1. The van der Waals surface area contributed by atoms with Gasteiger partial charge in [-0.15, -0.1) is 0 Å². The van der Waals surface area contributed by atoms with Crippen LogP contribution in [0.2, 0.25) is 0 Å². The molecule has 1 aromatic carbocycles. The Kier molecular flexibility index (Phi) is 6.24. The summed E-state index contributed by atoms with van der Waals surface area (Å²) in [5, 5.41) is 9.14. The molecule has 0 aliphatic rings. The van der Waals surface area contributed by atoms with E-state index in [1.54, 1.807) is 24.3 Å². The second kappa shape index (κ2) is 8.18. The van der Waals surface area contributed by atoms with Gasteiger partial charge in [0, 0.05) is 5.56 Å². The molecule has 0 aliphatic carbocycles. The molecule has 1 heterocycles. The summed E-state index contributed by atoms with van der Waals surface area (Å²) in [5.74, 6) is 0.325. The molecule has 2 aromatic rings. The highest BCUT2D eigenvalue weighted by Gasteiger charge is 2.18. The molecule has 1 atom stereocenters. The van der Waals surface area contributed by atoms with E-state index in [1.165, 1.54) is 0 Å². The van der Waals surface area contributed by atoms with Gasteiger partial charge in [0.25, 0.3) is 5.56 Å². The van der Waals surface area contributed by atoms with Crippen molar-refractivity contribution in [3.05, 3.63) is 46.8 Å². The number of hydrogen-bond acceptors (Lipinski definition) is 6. The zero-order chi connectivity index (χ0) is 17.6. The largest absolute Gasteiger partial charge is 0.475 e. The molecular weight excluding hydrogens is 339 g/mol. The van der Waals surface area contributed by atoms with E-state index in [2.05, 4.69) is 9.97 Å². The molecule has 0 fully saturated rings. The highest BCUT2D eigenvalue weighted by molar-refractivity contribution is 7.51. The minimum atomic E-state index is -4.34. The van der Waals surface area contributed by atoms with Gasteiger partial charge in [-0.3, -0.25) is 9.36 Å². The smallest absolute Gasteiger partial charge is 0.350 e. The van der Waals surface area contributed by atoms with Gasteiger partial charge in [-0.1, -0.05) is 30.3 Å². The molecule has 0 radical (unpaired) electrons. The van der Waals surface area contributed by atoms with Crippen molar-refractivity contribution in [2.45, 2.75) is 6.10 Å². The summed E-state index contributed by atoms with van der Waals surface area (Å²) < 4.78 is 20.9. The van der Waals surface area contributed by atoms with Crippen LogP contribution in [0.4, 0.5) is 0 Å². The first kappa shape index (κ1) is 18.3. The first-order valence-corrected chi connectivity index (χ1v) is 8.74. The first-order valence-electron chi connectivity index (χ1n) is 6.94. The van der Waals surface area contributed by atoms with E-state index in [-0.39, 0.29) is 12.5 Å². The molecule has 9 nitrogen and oxygen atoms in total. The van der Waals surface area contributed by atoms with Gasteiger partial charge in [-0.25, -0.2) is 0 Å². The average Bonchev–Trinajstić information content (AvgIpc) is 2.54. The molecule has 0 saturated heterocycles. The van der Waals surface area contributed by atoms with E-state index < -0.39 is 32.2 Å². The van der Waals surface area contributed by atoms with Crippen molar-refractivity contribution in [3.8, 4) is 17.3 Å². The lowest BCUT2D eigenvalue weighted by atomic mass is 10.2. The van der Waals surface area contributed by atoms with Crippen LogP contribution in [0.15, 0.2) is 41.2 Å².